The van der Waals surface area contributed by atoms with Crippen molar-refractivity contribution in [3.8, 4) is 0 Å². The van der Waals surface area contributed by atoms with Crippen LogP contribution in [0.3, 0.4) is 0 Å². The number of rotatable bonds is 3. The molecule has 7 heteroatoms. The summed E-state index contributed by atoms with van der Waals surface area (Å²) >= 11 is 8.44. The van der Waals surface area contributed by atoms with Gasteiger partial charge < -0.3 is 5.11 Å². The van der Waals surface area contributed by atoms with E-state index in [1.165, 1.54) is 6.07 Å². The van der Waals surface area contributed by atoms with Crippen molar-refractivity contribution < 1.29 is 18.7 Å². The first-order chi connectivity index (χ1) is 6.91. The molecule has 0 aliphatic rings. The highest BCUT2D eigenvalue weighted by Gasteiger charge is 2.17. The van der Waals surface area contributed by atoms with E-state index in [9.17, 15) is 13.6 Å². The lowest BCUT2D eigenvalue weighted by atomic mass is 10.2. The molecule has 3 nitrogen and oxygen atoms in total. The number of nitrogens with zero attached hydrogens (tertiary/aromatic N) is 1. The van der Waals surface area contributed by atoms with Gasteiger partial charge in [-0.05, 0) is 27.6 Å². The summed E-state index contributed by atoms with van der Waals surface area (Å²) in [5, 5.41) is 8.29. The molecule has 0 spiro atoms. The molecule has 1 heterocycles. The van der Waals surface area contributed by atoms with Gasteiger partial charge in [-0.15, -0.1) is 0 Å². The molecule has 0 amide bonds. The number of carboxylic acid groups (broad SMARTS) is 1. The number of alkyl halides is 2. The van der Waals surface area contributed by atoms with E-state index in [-0.39, 0.29) is 21.6 Å². The predicted octanol–water partition coefficient (Wildman–Crippen LogP) is 3.06. The monoisotopic (exact) mass is 299 g/mol. The number of carbonyl (C=O) groups is 1. The number of hydrogen-bond acceptors (Lipinski definition) is 2. The number of aliphatic carboxylic acids is 1. The quantitative estimate of drug-likeness (QED) is 0.873. The average molecular weight is 300 g/mol. The van der Waals surface area contributed by atoms with E-state index in [1.807, 2.05) is 0 Å². The molecule has 1 N–H and O–H groups in total. The van der Waals surface area contributed by atoms with E-state index in [0.717, 1.165) is 0 Å². The Labute approximate surface area is 97.2 Å². The Morgan fingerprint density at radius 1 is 1.67 bits per heavy atom. The fourth-order valence-corrected chi connectivity index (χ4v) is 1.66. The highest BCUT2D eigenvalue weighted by molar-refractivity contribution is 9.10. The van der Waals surface area contributed by atoms with E-state index >= 15 is 0 Å². The Hall–Kier alpha value is -0.750. The van der Waals surface area contributed by atoms with Crippen LogP contribution in [-0.2, 0) is 11.2 Å². The van der Waals surface area contributed by atoms with Crippen molar-refractivity contribution in [2.45, 2.75) is 12.8 Å². The van der Waals surface area contributed by atoms with Crippen molar-refractivity contribution in [3.05, 3.63) is 26.9 Å². The summed E-state index contributed by atoms with van der Waals surface area (Å²) in [7, 11) is 0. The summed E-state index contributed by atoms with van der Waals surface area (Å²) in [5.41, 5.74) is -0.297. The van der Waals surface area contributed by atoms with Gasteiger partial charge in [-0.2, -0.15) is 0 Å². The van der Waals surface area contributed by atoms with Crippen molar-refractivity contribution in [2.24, 2.45) is 0 Å². The molecule has 0 radical (unpaired) electrons. The van der Waals surface area contributed by atoms with Gasteiger partial charge in [0.25, 0.3) is 6.43 Å². The van der Waals surface area contributed by atoms with Gasteiger partial charge in [-0.3, -0.25) is 4.79 Å². The molecule has 0 saturated carbocycles. The second kappa shape index (κ2) is 4.85. The van der Waals surface area contributed by atoms with Gasteiger partial charge in [-0.1, -0.05) is 11.6 Å². The standard InChI is InChI=1S/C8H5BrClF2NO2/c9-7-3(2-5(14)15)1-4(10)6(13-7)8(11)12/h1,8H,2H2,(H,14,15). The molecule has 1 aromatic heterocycles. The van der Waals surface area contributed by atoms with Gasteiger partial charge in [0.15, 0.2) is 0 Å². The molecule has 15 heavy (non-hydrogen) atoms. The van der Waals surface area contributed by atoms with Crippen LogP contribution in [0, 0.1) is 0 Å². The summed E-state index contributed by atoms with van der Waals surface area (Å²) in [6.07, 6.45) is -3.11. The van der Waals surface area contributed by atoms with E-state index < -0.39 is 18.1 Å². The minimum absolute atomic E-state index is 0.0737. The number of aromatic nitrogens is 1. The Morgan fingerprint density at radius 3 is 2.73 bits per heavy atom. The van der Waals surface area contributed by atoms with Crippen LogP contribution in [0.15, 0.2) is 10.7 Å². The second-order valence-electron chi connectivity index (χ2n) is 2.68. The lowest BCUT2D eigenvalue weighted by Crippen LogP contribution is -2.04. The summed E-state index contributed by atoms with van der Waals surface area (Å²) in [6, 6.07) is 1.17. The van der Waals surface area contributed by atoms with Gasteiger partial charge in [0, 0.05) is 0 Å². The zero-order valence-corrected chi connectivity index (χ0v) is 9.52. The third-order valence-corrected chi connectivity index (χ3v) is 2.57. The Bertz CT molecular complexity index is 400. The van der Waals surface area contributed by atoms with Gasteiger partial charge >= 0.3 is 5.97 Å². The van der Waals surface area contributed by atoms with Crippen LogP contribution in [0.25, 0.3) is 0 Å². The maximum atomic E-state index is 12.3. The van der Waals surface area contributed by atoms with E-state index in [2.05, 4.69) is 20.9 Å². The molecule has 0 saturated heterocycles. The van der Waals surface area contributed by atoms with Crippen LogP contribution in [0.4, 0.5) is 8.78 Å². The van der Waals surface area contributed by atoms with Crippen LogP contribution < -0.4 is 0 Å². The fraction of sp³-hybridized carbons (Fsp3) is 0.250. The summed E-state index contributed by atoms with van der Waals surface area (Å²) in [6.45, 7) is 0. The molecule has 0 fully saturated rings. The highest BCUT2D eigenvalue weighted by Crippen LogP contribution is 2.29. The fourth-order valence-electron chi connectivity index (χ4n) is 0.957. The van der Waals surface area contributed by atoms with Crippen LogP contribution in [0.5, 0.6) is 0 Å². The predicted molar refractivity (Wildman–Crippen MR) is 53.2 cm³/mol. The molecule has 1 rings (SSSR count). The first-order valence-electron chi connectivity index (χ1n) is 3.76. The minimum atomic E-state index is -2.78. The normalized spacial score (nSPS) is 10.7. The number of carboxylic acids is 1. The smallest absolute Gasteiger partial charge is 0.307 e. The van der Waals surface area contributed by atoms with Crippen molar-refractivity contribution in [3.63, 3.8) is 0 Å². The summed E-state index contributed by atoms with van der Waals surface area (Å²) < 4.78 is 24.7. The molecule has 0 unspecified atom stereocenters. The first kappa shape index (κ1) is 12.3. The Balaban J connectivity index is 3.13. The summed E-state index contributed by atoms with van der Waals surface area (Å²) in [4.78, 5) is 13.9. The zero-order chi connectivity index (χ0) is 11.6. The van der Waals surface area contributed by atoms with Crippen molar-refractivity contribution in [2.75, 3.05) is 0 Å². The number of pyridine rings is 1. The average Bonchev–Trinajstić information content (AvgIpc) is 2.09. The van der Waals surface area contributed by atoms with E-state index in [1.54, 1.807) is 0 Å². The maximum absolute atomic E-state index is 12.3. The second-order valence-corrected chi connectivity index (χ2v) is 3.83. The molecule has 0 atom stereocenters. The topological polar surface area (TPSA) is 50.2 Å². The number of hydrogen-bond donors (Lipinski definition) is 1. The Morgan fingerprint density at radius 2 is 2.27 bits per heavy atom. The van der Waals surface area contributed by atoms with Crippen LogP contribution >= 0.6 is 27.5 Å². The highest BCUT2D eigenvalue weighted by atomic mass is 79.9. The molecular formula is C8H5BrClF2NO2. The lowest BCUT2D eigenvalue weighted by molar-refractivity contribution is -0.136. The van der Waals surface area contributed by atoms with Gasteiger partial charge in [0.05, 0.1) is 11.4 Å². The van der Waals surface area contributed by atoms with Gasteiger partial charge in [0.1, 0.15) is 10.3 Å². The van der Waals surface area contributed by atoms with E-state index in [0.29, 0.717) is 0 Å². The zero-order valence-electron chi connectivity index (χ0n) is 7.18. The lowest BCUT2D eigenvalue weighted by Gasteiger charge is -2.06. The first-order valence-corrected chi connectivity index (χ1v) is 4.93. The number of halogens is 4. The molecule has 0 aliphatic carbocycles. The Kier molecular flexibility index (Phi) is 3.98. The van der Waals surface area contributed by atoms with Crippen LogP contribution in [-0.4, -0.2) is 16.1 Å². The summed E-state index contributed by atoms with van der Waals surface area (Å²) in [5.74, 6) is -1.08. The van der Waals surface area contributed by atoms with Gasteiger partial charge in [-0.25, -0.2) is 13.8 Å². The molecule has 1 aromatic rings. The molecule has 82 valence electrons. The maximum Gasteiger partial charge on any atom is 0.307 e. The molecular weight excluding hydrogens is 295 g/mol. The third-order valence-electron chi connectivity index (χ3n) is 1.58. The van der Waals surface area contributed by atoms with Crippen LogP contribution in [0.2, 0.25) is 5.02 Å². The van der Waals surface area contributed by atoms with E-state index in [4.69, 9.17) is 16.7 Å². The largest absolute Gasteiger partial charge is 0.481 e. The van der Waals surface area contributed by atoms with Crippen molar-refractivity contribution >= 4 is 33.5 Å². The van der Waals surface area contributed by atoms with Gasteiger partial charge in [0.2, 0.25) is 0 Å². The SMILES string of the molecule is O=C(O)Cc1cc(Cl)c(C(F)F)nc1Br. The molecule has 0 aliphatic heterocycles. The van der Waals surface area contributed by atoms with Crippen molar-refractivity contribution in [1.82, 2.24) is 4.98 Å². The third kappa shape index (κ3) is 3.10. The molecule has 0 bridgehead atoms. The molecule has 0 aromatic carbocycles. The van der Waals surface area contributed by atoms with Crippen molar-refractivity contribution in [1.29, 1.82) is 0 Å². The van der Waals surface area contributed by atoms with Crippen LogP contribution in [0.1, 0.15) is 17.7 Å². The minimum Gasteiger partial charge on any atom is -0.481 e.